The molecule has 3 saturated carbocycles. The van der Waals surface area contributed by atoms with Gasteiger partial charge in [-0.3, -0.25) is 4.79 Å². The molecule has 3 aliphatic carbocycles. The maximum Gasteiger partial charge on any atom is 0.303 e. The van der Waals surface area contributed by atoms with Gasteiger partial charge in [0.25, 0.3) is 0 Å². The molecule has 0 saturated heterocycles. The van der Waals surface area contributed by atoms with Crippen molar-refractivity contribution in [3.63, 3.8) is 0 Å². The van der Waals surface area contributed by atoms with E-state index in [9.17, 15) is 9.90 Å². The third-order valence-corrected chi connectivity index (χ3v) is 6.89. The van der Waals surface area contributed by atoms with Gasteiger partial charge in [0.15, 0.2) is 0 Å². The van der Waals surface area contributed by atoms with Gasteiger partial charge in [-0.1, -0.05) is 64.3 Å². The van der Waals surface area contributed by atoms with E-state index in [0.29, 0.717) is 17.3 Å². The molecule has 5 atom stereocenters. The van der Waals surface area contributed by atoms with Crippen molar-refractivity contribution in [3.05, 3.63) is 24.3 Å². The number of aliphatic hydroxyl groups is 1. The summed E-state index contributed by atoms with van der Waals surface area (Å²) >= 11 is 0. The minimum absolute atomic E-state index is 0.257. The Morgan fingerprint density at radius 2 is 1.96 bits per heavy atom. The lowest BCUT2D eigenvalue weighted by Crippen LogP contribution is -2.38. The second-order valence-corrected chi connectivity index (χ2v) is 8.95. The SMILES string of the molecule is CCCCC[C@@H](O)/C=C/[C@H]1C2CC([C@@H]1C/C=C\CCCC(=O)O)C2(C)C. The van der Waals surface area contributed by atoms with Gasteiger partial charge >= 0.3 is 5.97 Å². The number of carboxylic acids is 1. The highest BCUT2D eigenvalue weighted by Gasteiger charge is 2.62. The molecule has 3 fully saturated rings. The van der Waals surface area contributed by atoms with E-state index in [1.165, 1.54) is 19.3 Å². The molecule has 3 aliphatic rings. The first-order valence-corrected chi connectivity index (χ1v) is 10.6. The molecule has 0 heterocycles. The number of aliphatic hydroxyl groups excluding tert-OH is 1. The van der Waals surface area contributed by atoms with E-state index >= 15 is 0 Å². The highest BCUT2D eigenvalue weighted by atomic mass is 16.4. The normalized spacial score (nSPS) is 30.8. The molecular formula is C23H38O3. The van der Waals surface area contributed by atoms with Gasteiger partial charge < -0.3 is 10.2 Å². The predicted molar refractivity (Wildman–Crippen MR) is 107 cm³/mol. The highest BCUT2D eigenvalue weighted by molar-refractivity contribution is 5.66. The molecule has 2 unspecified atom stereocenters. The third-order valence-electron chi connectivity index (χ3n) is 6.89. The molecular weight excluding hydrogens is 324 g/mol. The van der Waals surface area contributed by atoms with E-state index in [1.807, 2.05) is 0 Å². The van der Waals surface area contributed by atoms with Crippen LogP contribution in [-0.4, -0.2) is 22.3 Å². The maximum atomic E-state index is 10.6. The molecule has 26 heavy (non-hydrogen) atoms. The van der Waals surface area contributed by atoms with E-state index in [4.69, 9.17) is 5.11 Å². The first-order chi connectivity index (χ1) is 12.4. The van der Waals surface area contributed by atoms with Crippen LogP contribution in [0.5, 0.6) is 0 Å². The molecule has 0 aromatic heterocycles. The largest absolute Gasteiger partial charge is 0.481 e. The van der Waals surface area contributed by atoms with Crippen molar-refractivity contribution in [3.8, 4) is 0 Å². The van der Waals surface area contributed by atoms with Crippen LogP contribution in [0.4, 0.5) is 0 Å². The summed E-state index contributed by atoms with van der Waals surface area (Å²) in [4.78, 5) is 10.6. The van der Waals surface area contributed by atoms with Crippen LogP contribution in [0.1, 0.15) is 78.6 Å². The Balaban J connectivity index is 1.85. The second-order valence-electron chi connectivity index (χ2n) is 8.95. The summed E-state index contributed by atoms with van der Waals surface area (Å²) in [7, 11) is 0. The number of hydrogen-bond acceptors (Lipinski definition) is 2. The van der Waals surface area contributed by atoms with E-state index in [2.05, 4.69) is 45.1 Å². The fourth-order valence-electron chi connectivity index (χ4n) is 5.24. The van der Waals surface area contributed by atoms with Gasteiger partial charge in [-0.25, -0.2) is 0 Å². The Labute approximate surface area is 159 Å². The molecule has 2 N–H and O–H groups in total. The van der Waals surface area contributed by atoms with E-state index < -0.39 is 5.97 Å². The number of hydrogen-bond donors (Lipinski definition) is 2. The average molecular weight is 363 g/mol. The molecule has 3 nitrogen and oxygen atoms in total. The van der Waals surface area contributed by atoms with Crippen molar-refractivity contribution in [1.82, 2.24) is 0 Å². The molecule has 2 bridgehead atoms. The van der Waals surface area contributed by atoms with Crippen LogP contribution in [-0.2, 0) is 4.79 Å². The molecule has 0 aromatic carbocycles. The quantitative estimate of drug-likeness (QED) is 0.351. The molecule has 3 rings (SSSR count). The zero-order valence-electron chi connectivity index (χ0n) is 16.9. The molecule has 0 amide bonds. The van der Waals surface area contributed by atoms with Gasteiger partial charge in [0, 0.05) is 6.42 Å². The van der Waals surface area contributed by atoms with Crippen LogP contribution >= 0.6 is 0 Å². The zero-order chi connectivity index (χ0) is 19.2. The smallest absolute Gasteiger partial charge is 0.303 e. The maximum absolute atomic E-state index is 10.6. The van der Waals surface area contributed by atoms with E-state index in [-0.39, 0.29) is 12.5 Å². The summed E-state index contributed by atoms with van der Waals surface area (Å²) in [5, 5.41) is 18.9. The standard InChI is InChI=1S/C23H38O3/c1-4-5-8-11-17(24)14-15-19-18(20-16-21(19)23(20,2)3)12-9-6-7-10-13-22(25)26/h6,9,14-15,17-21,24H,4-5,7-8,10-13,16H2,1-3H3,(H,25,26)/b9-6-,15-14+/t17-,18-,19-,20?,21?/m1/s1. The highest BCUT2D eigenvalue weighted by Crippen LogP contribution is 2.68. The molecule has 0 aromatic rings. The molecule has 0 aliphatic heterocycles. The minimum atomic E-state index is -0.709. The first-order valence-electron chi connectivity index (χ1n) is 10.6. The number of aliphatic carboxylic acids is 1. The third kappa shape index (κ3) is 5.22. The van der Waals surface area contributed by atoms with Crippen molar-refractivity contribution in [2.24, 2.45) is 29.1 Å². The molecule has 0 spiro atoms. The average Bonchev–Trinajstić information content (AvgIpc) is 3.06. The molecule has 3 heteroatoms. The van der Waals surface area contributed by atoms with Crippen molar-refractivity contribution < 1.29 is 15.0 Å². The number of rotatable bonds is 12. The number of unbranched alkanes of at least 4 members (excludes halogenated alkanes) is 3. The van der Waals surface area contributed by atoms with Gasteiger partial charge in [0.2, 0.25) is 0 Å². The van der Waals surface area contributed by atoms with Crippen LogP contribution in [0.15, 0.2) is 24.3 Å². The van der Waals surface area contributed by atoms with Crippen molar-refractivity contribution in [2.45, 2.75) is 84.7 Å². The van der Waals surface area contributed by atoms with Gasteiger partial charge in [0.05, 0.1) is 6.10 Å². The summed E-state index contributed by atoms with van der Waals surface area (Å²) < 4.78 is 0. The Kier molecular flexibility index (Phi) is 7.94. The number of carbonyl (C=O) groups is 1. The Bertz CT molecular complexity index is 506. The monoisotopic (exact) mass is 362 g/mol. The van der Waals surface area contributed by atoms with Crippen LogP contribution in [0.3, 0.4) is 0 Å². The Morgan fingerprint density at radius 3 is 2.62 bits per heavy atom. The summed E-state index contributed by atoms with van der Waals surface area (Å²) in [6.07, 6.45) is 17.1. The molecule has 0 radical (unpaired) electrons. The lowest BCUT2D eigenvalue weighted by molar-refractivity contribution is -0.137. The predicted octanol–water partition coefficient (Wildman–Crippen LogP) is 5.59. The van der Waals surface area contributed by atoms with Gasteiger partial charge in [-0.05, 0) is 61.2 Å². The van der Waals surface area contributed by atoms with Crippen LogP contribution in [0, 0.1) is 29.1 Å². The topological polar surface area (TPSA) is 57.5 Å². The van der Waals surface area contributed by atoms with Crippen molar-refractivity contribution >= 4 is 5.97 Å². The summed E-state index contributed by atoms with van der Waals surface area (Å²) in [6, 6.07) is 0. The zero-order valence-corrected chi connectivity index (χ0v) is 16.9. The number of fused-ring (bicyclic) bond motifs is 1. The number of carboxylic acid groups (broad SMARTS) is 1. The van der Waals surface area contributed by atoms with E-state index in [0.717, 1.165) is 43.9 Å². The lowest BCUT2D eigenvalue weighted by Gasteiger charge is -2.45. The van der Waals surface area contributed by atoms with E-state index in [1.54, 1.807) is 0 Å². The van der Waals surface area contributed by atoms with Gasteiger partial charge in [0.1, 0.15) is 0 Å². The fraction of sp³-hybridized carbons (Fsp3) is 0.783. The summed E-state index contributed by atoms with van der Waals surface area (Å²) in [5.74, 6) is 2.07. The second kappa shape index (κ2) is 9.73. The lowest BCUT2D eigenvalue weighted by atomic mass is 9.59. The fourth-order valence-corrected chi connectivity index (χ4v) is 5.24. The van der Waals surface area contributed by atoms with Gasteiger partial charge in [-0.2, -0.15) is 0 Å². The van der Waals surface area contributed by atoms with Crippen molar-refractivity contribution in [2.75, 3.05) is 0 Å². The minimum Gasteiger partial charge on any atom is -0.481 e. The van der Waals surface area contributed by atoms with Gasteiger partial charge in [-0.15, -0.1) is 0 Å². The van der Waals surface area contributed by atoms with Crippen molar-refractivity contribution in [1.29, 1.82) is 0 Å². The van der Waals surface area contributed by atoms with Crippen LogP contribution < -0.4 is 0 Å². The Hall–Kier alpha value is -1.09. The molecule has 148 valence electrons. The van der Waals surface area contributed by atoms with Crippen LogP contribution in [0.25, 0.3) is 0 Å². The van der Waals surface area contributed by atoms with Crippen LogP contribution in [0.2, 0.25) is 0 Å². The number of allylic oxidation sites excluding steroid dienone is 3. The summed E-state index contributed by atoms with van der Waals surface area (Å²) in [6.45, 7) is 7.00. The Morgan fingerprint density at radius 1 is 1.19 bits per heavy atom. The summed E-state index contributed by atoms with van der Waals surface area (Å²) in [5.41, 5.74) is 0.421. The first kappa shape index (κ1) is 21.2.